The molecule has 2 rings (SSSR count). The maximum Gasteiger partial charge on any atom is 0.227 e. The van der Waals surface area contributed by atoms with Gasteiger partial charge in [-0.05, 0) is 37.0 Å². The third-order valence-electron chi connectivity index (χ3n) is 4.05. The van der Waals surface area contributed by atoms with E-state index in [4.69, 9.17) is 0 Å². The van der Waals surface area contributed by atoms with Gasteiger partial charge in [0.25, 0.3) is 0 Å². The molecule has 2 amide bonds. The van der Waals surface area contributed by atoms with Crippen LogP contribution in [0.1, 0.15) is 37.7 Å². The first kappa shape index (κ1) is 15.5. The van der Waals surface area contributed by atoms with Crippen molar-refractivity contribution in [2.75, 3.05) is 19.4 Å². The second-order valence-corrected chi connectivity index (χ2v) is 5.96. The number of nitrogens with zero attached hydrogens (tertiary/aromatic N) is 1. The smallest absolute Gasteiger partial charge is 0.227 e. The molecule has 1 fully saturated rings. The summed E-state index contributed by atoms with van der Waals surface area (Å²) in [5.41, 5.74) is 1.91. The van der Waals surface area contributed by atoms with Gasteiger partial charge >= 0.3 is 0 Å². The molecule has 1 saturated carbocycles. The Balaban J connectivity index is 1.91. The third kappa shape index (κ3) is 4.59. The van der Waals surface area contributed by atoms with E-state index in [0.29, 0.717) is 12.8 Å². The number of carbonyl (C=O) groups is 2. The summed E-state index contributed by atoms with van der Waals surface area (Å²) in [5, 5.41) is 3.00. The summed E-state index contributed by atoms with van der Waals surface area (Å²) in [6, 6.07) is 7.80. The minimum Gasteiger partial charge on any atom is -0.349 e. The molecule has 1 aliphatic carbocycles. The highest BCUT2D eigenvalue weighted by molar-refractivity contribution is 5.92. The van der Waals surface area contributed by atoms with Crippen LogP contribution in [-0.2, 0) is 16.0 Å². The van der Waals surface area contributed by atoms with Gasteiger partial charge in [-0.25, -0.2) is 0 Å². The summed E-state index contributed by atoms with van der Waals surface area (Å²) >= 11 is 0. The summed E-state index contributed by atoms with van der Waals surface area (Å²) < 4.78 is 0. The van der Waals surface area contributed by atoms with Gasteiger partial charge in [-0.3, -0.25) is 9.59 Å². The van der Waals surface area contributed by atoms with E-state index in [1.54, 1.807) is 19.0 Å². The number of anilines is 1. The monoisotopic (exact) mass is 288 g/mol. The summed E-state index contributed by atoms with van der Waals surface area (Å²) in [5.74, 6) is 0.424. The van der Waals surface area contributed by atoms with Crippen molar-refractivity contribution in [2.24, 2.45) is 5.92 Å². The van der Waals surface area contributed by atoms with Gasteiger partial charge in [0.15, 0.2) is 0 Å². The van der Waals surface area contributed by atoms with Crippen LogP contribution in [0.3, 0.4) is 0 Å². The molecule has 114 valence electrons. The van der Waals surface area contributed by atoms with Gasteiger partial charge in [-0.2, -0.15) is 0 Å². The molecule has 1 aromatic carbocycles. The Kier molecular flexibility index (Phi) is 5.37. The fourth-order valence-corrected chi connectivity index (χ4v) is 2.71. The molecule has 1 aromatic rings. The van der Waals surface area contributed by atoms with Crippen LogP contribution < -0.4 is 5.32 Å². The molecular weight excluding hydrogens is 264 g/mol. The molecule has 0 heterocycles. The Morgan fingerprint density at radius 3 is 2.62 bits per heavy atom. The zero-order valence-corrected chi connectivity index (χ0v) is 12.9. The second kappa shape index (κ2) is 7.25. The average Bonchev–Trinajstić information content (AvgIpc) is 2.99. The molecule has 0 saturated heterocycles. The molecule has 4 heteroatoms. The zero-order valence-electron chi connectivity index (χ0n) is 12.9. The van der Waals surface area contributed by atoms with E-state index in [2.05, 4.69) is 5.32 Å². The highest BCUT2D eigenvalue weighted by Crippen LogP contribution is 2.26. The minimum absolute atomic E-state index is 0.121. The largest absolute Gasteiger partial charge is 0.349 e. The van der Waals surface area contributed by atoms with E-state index < -0.39 is 0 Å². The van der Waals surface area contributed by atoms with E-state index in [-0.39, 0.29) is 17.7 Å². The van der Waals surface area contributed by atoms with E-state index in [0.717, 1.165) is 36.9 Å². The number of carbonyl (C=O) groups excluding carboxylic acids is 2. The molecule has 1 aliphatic rings. The molecule has 0 unspecified atom stereocenters. The number of aryl methyl sites for hydroxylation is 1. The van der Waals surface area contributed by atoms with Crippen LogP contribution in [0.15, 0.2) is 24.3 Å². The molecule has 0 atom stereocenters. The summed E-state index contributed by atoms with van der Waals surface area (Å²) in [4.78, 5) is 25.3. The molecule has 21 heavy (non-hydrogen) atoms. The molecule has 1 N–H and O–H groups in total. The first-order chi connectivity index (χ1) is 10.1. The van der Waals surface area contributed by atoms with Gasteiger partial charge in [-0.1, -0.05) is 25.0 Å². The van der Waals surface area contributed by atoms with E-state index in [1.807, 2.05) is 24.3 Å². The summed E-state index contributed by atoms with van der Waals surface area (Å²) in [7, 11) is 3.53. The van der Waals surface area contributed by atoms with Gasteiger partial charge in [-0.15, -0.1) is 0 Å². The highest BCUT2D eigenvalue weighted by atomic mass is 16.2. The molecule has 0 bridgehead atoms. The van der Waals surface area contributed by atoms with Crippen molar-refractivity contribution in [1.82, 2.24) is 4.90 Å². The molecule has 0 radical (unpaired) electrons. The Labute approximate surface area is 126 Å². The number of nitrogens with one attached hydrogen (secondary N) is 1. The average molecular weight is 288 g/mol. The number of hydrogen-bond donors (Lipinski definition) is 1. The van der Waals surface area contributed by atoms with Crippen LogP contribution in [0.4, 0.5) is 5.69 Å². The number of amides is 2. The first-order valence-corrected chi connectivity index (χ1v) is 7.66. The third-order valence-corrected chi connectivity index (χ3v) is 4.05. The van der Waals surface area contributed by atoms with Gasteiger partial charge in [0.1, 0.15) is 0 Å². The molecule has 4 nitrogen and oxygen atoms in total. The van der Waals surface area contributed by atoms with Gasteiger partial charge in [0.2, 0.25) is 11.8 Å². The van der Waals surface area contributed by atoms with Crippen molar-refractivity contribution in [3.63, 3.8) is 0 Å². The predicted molar refractivity (Wildman–Crippen MR) is 84.0 cm³/mol. The Hall–Kier alpha value is -1.84. The standard InChI is InChI=1S/C17H24N2O2/c1-19(2)16(20)11-10-13-6-5-9-15(12-13)18-17(21)14-7-3-4-8-14/h5-6,9,12,14H,3-4,7-8,10-11H2,1-2H3,(H,18,21). The molecule has 0 spiro atoms. The van der Waals surface area contributed by atoms with Crippen LogP contribution in [0.5, 0.6) is 0 Å². The number of benzene rings is 1. The van der Waals surface area contributed by atoms with Crippen molar-refractivity contribution in [2.45, 2.75) is 38.5 Å². The van der Waals surface area contributed by atoms with Crippen LogP contribution in [-0.4, -0.2) is 30.8 Å². The van der Waals surface area contributed by atoms with Crippen molar-refractivity contribution >= 4 is 17.5 Å². The summed E-state index contributed by atoms with van der Waals surface area (Å²) in [6.45, 7) is 0. The lowest BCUT2D eigenvalue weighted by Crippen LogP contribution is -2.22. The number of rotatable bonds is 5. The Bertz CT molecular complexity index is 505. The predicted octanol–water partition coefficient (Wildman–Crippen LogP) is 2.84. The van der Waals surface area contributed by atoms with Crippen molar-refractivity contribution in [1.29, 1.82) is 0 Å². The zero-order chi connectivity index (χ0) is 15.2. The highest BCUT2D eigenvalue weighted by Gasteiger charge is 2.22. The van der Waals surface area contributed by atoms with Crippen molar-refractivity contribution in [3.05, 3.63) is 29.8 Å². The van der Waals surface area contributed by atoms with Crippen molar-refractivity contribution in [3.8, 4) is 0 Å². The van der Waals surface area contributed by atoms with Gasteiger partial charge in [0, 0.05) is 32.1 Å². The summed E-state index contributed by atoms with van der Waals surface area (Å²) in [6.07, 6.45) is 5.51. The minimum atomic E-state index is 0.121. The fraction of sp³-hybridized carbons (Fsp3) is 0.529. The Morgan fingerprint density at radius 1 is 1.24 bits per heavy atom. The lowest BCUT2D eigenvalue weighted by Gasteiger charge is -2.12. The maximum absolute atomic E-state index is 12.1. The van der Waals surface area contributed by atoms with Crippen LogP contribution in [0, 0.1) is 5.92 Å². The lowest BCUT2D eigenvalue weighted by molar-refractivity contribution is -0.128. The topological polar surface area (TPSA) is 49.4 Å². The first-order valence-electron chi connectivity index (χ1n) is 7.66. The maximum atomic E-state index is 12.1. The van der Waals surface area contributed by atoms with Crippen LogP contribution in [0.2, 0.25) is 0 Å². The van der Waals surface area contributed by atoms with E-state index in [9.17, 15) is 9.59 Å². The fourth-order valence-electron chi connectivity index (χ4n) is 2.71. The quantitative estimate of drug-likeness (QED) is 0.905. The molecule has 0 aromatic heterocycles. The van der Waals surface area contributed by atoms with Crippen molar-refractivity contribution < 1.29 is 9.59 Å². The van der Waals surface area contributed by atoms with Crippen LogP contribution in [0.25, 0.3) is 0 Å². The SMILES string of the molecule is CN(C)C(=O)CCc1cccc(NC(=O)C2CCCC2)c1. The second-order valence-electron chi connectivity index (χ2n) is 5.96. The van der Waals surface area contributed by atoms with E-state index in [1.165, 1.54) is 0 Å². The Morgan fingerprint density at radius 2 is 1.95 bits per heavy atom. The molecular formula is C17H24N2O2. The van der Waals surface area contributed by atoms with Gasteiger partial charge < -0.3 is 10.2 Å². The molecule has 0 aliphatic heterocycles. The van der Waals surface area contributed by atoms with E-state index >= 15 is 0 Å². The normalized spacial score (nSPS) is 15.0. The number of hydrogen-bond acceptors (Lipinski definition) is 2. The van der Waals surface area contributed by atoms with Gasteiger partial charge in [0.05, 0.1) is 0 Å². The lowest BCUT2D eigenvalue weighted by atomic mass is 10.1. The van der Waals surface area contributed by atoms with Crippen LogP contribution >= 0.6 is 0 Å².